The van der Waals surface area contributed by atoms with Gasteiger partial charge in [-0.05, 0) is 62.3 Å². The van der Waals surface area contributed by atoms with E-state index < -0.39 is 0 Å². The number of likely N-dealkylation sites (tertiary alicyclic amines) is 1. The minimum absolute atomic E-state index is 0.0222. The van der Waals surface area contributed by atoms with Gasteiger partial charge in [-0.3, -0.25) is 14.9 Å². The summed E-state index contributed by atoms with van der Waals surface area (Å²) >= 11 is 5.35. The quantitative estimate of drug-likeness (QED) is 0.445. The lowest BCUT2D eigenvalue weighted by molar-refractivity contribution is 0.0762. The van der Waals surface area contributed by atoms with E-state index >= 15 is 0 Å². The summed E-state index contributed by atoms with van der Waals surface area (Å²) in [5.74, 6) is 0.194. The number of para-hydroxylation sites is 1. The van der Waals surface area contributed by atoms with Gasteiger partial charge in [-0.25, -0.2) is 0 Å². The van der Waals surface area contributed by atoms with Crippen LogP contribution in [0.25, 0.3) is 0 Å². The number of rotatable bonds is 8. The minimum atomic E-state index is -0.362. The Hall–Kier alpha value is -2.97. The third-order valence-electron chi connectivity index (χ3n) is 5.32. The SMILES string of the molecule is CCOCCOc1cccc(C(=O)NC(=S)Nc2ccccc2C(=O)N2CCCCCC2)c1. The Labute approximate surface area is 200 Å². The topological polar surface area (TPSA) is 79.9 Å². The highest BCUT2D eigenvalue weighted by Gasteiger charge is 2.20. The van der Waals surface area contributed by atoms with Crippen LogP contribution in [0.2, 0.25) is 0 Å². The lowest BCUT2D eigenvalue weighted by Gasteiger charge is -2.22. The van der Waals surface area contributed by atoms with E-state index in [4.69, 9.17) is 21.7 Å². The average Bonchev–Trinajstić information content (AvgIpc) is 3.11. The molecule has 8 heteroatoms. The van der Waals surface area contributed by atoms with Crippen LogP contribution in [0.15, 0.2) is 48.5 Å². The number of nitrogens with one attached hydrogen (secondary N) is 2. The highest BCUT2D eigenvalue weighted by molar-refractivity contribution is 7.80. The van der Waals surface area contributed by atoms with Crippen LogP contribution in [-0.2, 0) is 4.74 Å². The summed E-state index contributed by atoms with van der Waals surface area (Å²) < 4.78 is 10.9. The summed E-state index contributed by atoms with van der Waals surface area (Å²) in [5, 5.41) is 5.82. The Morgan fingerprint density at radius 1 is 1.00 bits per heavy atom. The minimum Gasteiger partial charge on any atom is -0.491 e. The Balaban J connectivity index is 1.61. The number of carbonyl (C=O) groups excluding carboxylic acids is 2. The van der Waals surface area contributed by atoms with E-state index in [-0.39, 0.29) is 16.9 Å². The molecule has 0 atom stereocenters. The third kappa shape index (κ3) is 7.54. The van der Waals surface area contributed by atoms with Gasteiger partial charge in [0.15, 0.2) is 5.11 Å². The first-order valence-electron chi connectivity index (χ1n) is 11.4. The fourth-order valence-electron chi connectivity index (χ4n) is 3.64. The molecule has 33 heavy (non-hydrogen) atoms. The van der Waals surface area contributed by atoms with E-state index in [1.165, 1.54) is 0 Å². The number of amides is 2. The number of hydrogen-bond donors (Lipinski definition) is 2. The van der Waals surface area contributed by atoms with E-state index in [1.807, 2.05) is 24.0 Å². The number of nitrogens with zero attached hydrogens (tertiary/aromatic N) is 1. The summed E-state index contributed by atoms with van der Waals surface area (Å²) in [4.78, 5) is 27.7. The van der Waals surface area contributed by atoms with Gasteiger partial charge in [0.2, 0.25) is 0 Å². The Morgan fingerprint density at radius 2 is 1.76 bits per heavy atom. The number of anilines is 1. The van der Waals surface area contributed by atoms with Gasteiger partial charge in [-0.15, -0.1) is 0 Å². The monoisotopic (exact) mass is 469 g/mol. The fourth-order valence-corrected chi connectivity index (χ4v) is 3.84. The zero-order valence-electron chi connectivity index (χ0n) is 19.0. The van der Waals surface area contributed by atoms with Gasteiger partial charge in [-0.1, -0.05) is 31.0 Å². The number of hydrogen-bond acceptors (Lipinski definition) is 5. The normalized spacial score (nSPS) is 13.7. The van der Waals surface area contributed by atoms with Crippen LogP contribution < -0.4 is 15.4 Å². The van der Waals surface area contributed by atoms with E-state index in [0.29, 0.717) is 42.4 Å². The molecule has 0 aromatic heterocycles. The molecule has 0 radical (unpaired) electrons. The van der Waals surface area contributed by atoms with Crippen molar-refractivity contribution in [2.75, 3.05) is 38.2 Å². The van der Waals surface area contributed by atoms with Crippen LogP contribution >= 0.6 is 12.2 Å². The Kier molecular flexibility index (Phi) is 9.65. The second-order valence-electron chi connectivity index (χ2n) is 7.73. The summed E-state index contributed by atoms with van der Waals surface area (Å²) in [6.07, 6.45) is 4.34. The number of carbonyl (C=O) groups is 2. The largest absolute Gasteiger partial charge is 0.491 e. The molecule has 0 spiro atoms. The Bertz CT molecular complexity index is 958. The number of ether oxygens (including phenoxy) is 2. The summed E-state index contributed by atoms with van der Waals surface area (Å²) in [7, 11) is 0. The van der Waals surface area contributed by atoms with Crippen LogP contribution in [0.1, 0.15) is 53.3 Å². The van der Waals surface area contributed by atoms with Gasteiger partial charge >= 0.3 is 0 Å². The molecule has 2 N–H and O–H groups in total. The van der Waals surface area contributed by atoms with Crippen molar-refractivity contribution in [1.29, 1.82) is 0 Å². The molecule has 0 saturated carbocycles. The van der Waals surface area contributed by atoms with Crippen molar-refractivity contribution >= 4 is 34.8 Å². The van der Waals surface area contributed by atoms with Gasteiger partial charge in [0.05, 0.1) is 17.9 Å². The molecule has 2 amide bonds. The highest BCUT2D eigenvalue weighted by atomic mass is 32.1. The lowest BCUT2D eigenvalue weighted by Crippen LogP contribution is -2.36. The Morgan fingerprint density at radius 3 is 2.52 bits per heavy atom. The fraction of sp³-hybridized carbons (Fsp3) is 0.400. The van der Waals surface area contributed by atoms with E-state index in [1.54, 1.807) is 36.4 Å². The van der Waals surface area contributed by atoms with E-state index in [9.17, 15) is 9.59 Å². The smallest absolute Gasteiger partial charge is 0.257 e. The van der Waals surface area contributed by atoms with Gasteiger partial charge in [-0.2, -0.15) is 0 Å². The first kappa shape index (κ1) is 24.7. The van der Waals surface area contributed by atoms with Crippen LogP contribution in [0.5, 0.6) is 5.75 Å². The summed E-state index contributed by atoms with van der Waals surface area (Å²) in [6.45, 7) is 4.96. The molecule has 2 aromatic rings. The highest BCUT2D eigenvalue weighted by Crippen LogP contribution is 2.20. The molecule has 7 nitrogen and oxygen atoms in total. The molecule has 1 saturated heterocycles. The number of thiocarbonyl (C=S) groups is 1. The van der Waals surface area contributed by atoms with Crippen molar-refractivity contribution < 1.29 is 19.1 Å². The van der Waals surface area contributed by atoms with Gasteiger partial charge in [0.1, 0.15) is 12.4 Å². The first-order chi connectivity index (χ1) is 16.1. The predicted molar refractivity (Wildman–Crippen MR) is 133 cm³/mol. The van der Waals surface area contributed by atoms with Crippen LogP contribution in [0.4, 0.5) is 5.69 Å². The van der Waals surface area contributed by atoms with Crippen molar-refractivity contribution in [3.8, 4) is 5.75 Å². The zero-order valence-corrected chi connectivity index (χ0v) is 19.8. The van der Waals surface area contributed by atoms with Gasteiger partial charge in [0.25, 0.3) is 11.8 Å². The maximum Gasteiger partial charge on any atom is 0.257 e. The molecule has 0 aliphatic carbocycles. The van der Waals surface area contributed by atoms with Crippen LogP contribution in [0.3, 0.4) is 0 Å². The molecule has 3 rings (SSSR count). The molecular formula is C25H31N3O4S. The van der Waals surface area contributed by atoms with Crippen molar-refractivity contribution in [1.82, 2.24) is 10.2 Å². The van der Waals surface area contributed by atoms with Crippen LogP contribution in [0, 0.1) is 0 Å². The van der Waals surface area contributed by atoms with Crippen molar-refractivity contribution in [2.45, 2.75) is 32.6 Å². The van der Waals surface area contributed by atoms with Crippen molar-refractivity contribution in [2.24, 2.45) is 0 Å². The molecular weight excluding hydrogens is 438 g/mol. The molecule has 0 bridgehead atoms. The molecule has 1 fully saturated rings. The summed E-state index contributed by atoms with van der Waals surface area (Å²) in [5.41, 5.74) is 1.53. The maximum atomic E-state index is 13.1. The second-order valence-corrected chi connectivity index (χ2v) is 8.14. The standard InChI is InChI=1S/C25H31N3O4S/c1-2-31-16-17-32-20-11-9-10-19(18-20)23(29)27-25(33)26-22-13-6-5-12-21(22)24(30)28-14-7-3-4-8-15-28/h5-6,9-13,18H,2-4,7-8,14-17H2,1H3,(H2,26,27,29,33). The van der Waals surface area contributed by atoms with Crippen molar-refractivity contribution in [3.63, 3.8) is 0 Å². The number of benzene rings is 2. The molecule has 176 valence electrons. The lowest BCUT2D eigenvalue weighted by atomic mass is 10.1. The molecule has 0 unspecified atom stereocenters. The second kappa shape index (κ2) is 12.9. The maximum absolute atomic E-state index is 13.1. The van der Waals surface area contributed by atoms with Crippen molar-refractivity contribution in [3.05, 3.63) is 59.7 Å². The van der Waals surface area contributed by atoms with Crippen LogP contribution in [-0.4, -0.2) is 54.7 Å². The third-order valence-corrected chi connectivity index (χ3v) is 5.53. The summed E-state index contributed by atoms with van der Waals surface area (Å²) in [6, 6.07) is 14.1. The zero-order chi connectivity index (χ0) is 23.5. The van der Waals surface area contributed by atoms with E-state index in [0.717, 1.165) is 38.8 Å². The van der Waals surface area contributed by atoms with Gasteiger partial charge in [0, 0.05) is 25.3 Å². The molecule has 1 aliphatic heterocycles. The van der Waals surface area contributed by atoms with Gasteiger partial charge < -0.3 is 19.7 Å². The first-order valence-corrected chi connectivity index (χ1v) is 11.8. The van der Waals surface area contributed by atoms with E-state index in [2.05, 4.69) is 10.6 Å². The predicted octanol–water partition coefficient (Wildman–Crippen LogP) is 4.24. The molecule has 1 heterocycles. The average molecular weight is 470 g/mol. The molecule has 2 aromatic carbocycles. The molecule has 1 aliphatic rings.